The SMILES string of the molecule is CCC(CC)NCC(Cl)C(C)C. The lowest BCUT2D eigenvalue weighted by molar-refractivity contribution is 0.454. The lowest BCUT2D eigenvalue weighted by atomic mass is 10.1. The summed E-state index contributed by atoms with van der Waals surface area (Å²) < 4.78 is 0. The van der Waals surface area contributed by atoms with Crippen molar-refractivity contribution in [3.63, 3.8) is 0 Å². The number of alkyl halides is 1. The van der Waals surface area contributed by atoms with E-state index in [1.54, 1.807) is 0 Å². The van der Waals surface area contributed by atoms with Crippen molar-refractivity contribution < 1.29 is 0 Å². The van der Waals surface area contributed by atoms with Crippen LogP contribution < -0.4 is 5.32 Å². The average molecular weight is 192 g/mol. The zero-order valence-electron chi connectivity index (χ0n) is 8.73. The fraction of sp³-hybridized carbons (Fsp3) is 1.00. The van der Waals surface area contributed by atoms with Crippen LogP contribution in [-0.4, -0.2) is 18.0 Å². The number of hydrogen-bond donors (Lipinski definition) is 1. The standard InChI is InChI=1S/C10H22ClN/c1-5-9(6-2)12-7-10(11)8(3)4/h8-10,12H,5-7H2,1-4H3. The molecule has 0 aliphatic carbocycles. The van der Waals surface area contributed by atoms with Crippen molar-refractivity contribution in [3.05, 3.63) is 0 Å². The van der Waals surface area contributed by atoms with Crippen molar-refractivity contribution in [1.29, 1.82) is 0 Å². The summed E-state index contributed by atoms with van der Waals surface area (Å²) >= 11 is 6.11. The summed E-state index contributed by atoms with van der Waals surface area (Å²) in [5.74, 6) is 0.563. The number of rotatable bonds is 6. The Balaban J connectivity index is 3.51. The molecule has 0 saturated carbocycles. The summed E-state index contributed by atoms with van der Waals surface area (Å²) in [5, 5.41) is 3.74. The maximum atomic E-state index is 6.11. The molecule has 1 atom stereocenters. The molecule has 0 aromatic heterocycles. The second-order valence-electron chi connectivity index (χ2n) is 3.68. The molecule has 0 aliphatic rings. The summed E-state index contributed by atoms with van der Waals surface area (Å²) in [7, 11) is 0. The van der Waals surface area contributed by atoms with Crippen LogP contribution in [0.2, 0.25) is 0 Å². The quantitative estimate of drug-likeness (QED) is 0.637. The molecule has 1 unspecified atom stereocenters. The van der Waals surface area contributed by atoms with Crippen molar-refractivity contribution in [1.82, 2.24) is 5.32 Å². The van der Waals surface area contributed by atoms with Crippen molar-refractivity contribution in [2.75, 3.05) is 6.54 Å². The summed E-state index contributed by atoms with van der Waals surface area (Å²) in [5.41, 5.74) is 0. The Kier molecular flexibility index (Phi) is 6.87. The van der Waals surface area contributed by atoms with Gasteiger partial charge in [0.15, 0.2) is 0 Å². The van der Waals surface area contributed by atoms with E-state index in [0.29, 0.717) is 12.0 Å². The molecule has 0 fully saturated rings. The Morgan fingerprint density at radius 3 is 2.00 bits per heavy atom. The van der Waals surface area contributed by atoms with Gasteiger partial charge in [-0.05, 0) is 18.8 Å². The molecule has 0 rings (SSSR count). The number of nitrogens with one attached hydrogen (secondary N) is 1. The minimum Gasteiger partial charge on any atom is -0.313 e. The maximum Gasteiger partial charge on any atom is 0.0483 e. The smallest absolute Gasteiger partial charge is 0.0483 e. The summed E-state index contributed by atoms with van der Waals surface area (Å²) in [6.07, 6.45) is 2.39. The Labute approximate surface area is 81.9 Å². The van der Waals surface area contributed by atoms with Crippen LogP contribution in [0.15, 0.2) is 0 Å². The van der Waals surface area contributed by atoms with E-state index in [-0.39, 0.29) is 5.38 Å². The first-order valence-electron chi connectivity index (χ1n) is 4.99. The van der Waals surface area contributed by atoms with Crippen LogP contribution in [0.5, 0.6) is 0 Å². The molecule has 0 amide bonds. The molecule has 0 bridgehead atoms. The van der Waals surface area contributed by atoms with Crippen LogP contribution in [0.25, 0.3) is 0 Å². The van der Waals surface area contributed by atoms with Gasteiger partial charge in [0.1, 0.15) is 0 Å². The highest BCUT2D eigenvalue weighted by atomic mass is 35.5. The lowest BCUT2D eigenvalue weighted by Gasteiger charge is -2.19. The van der Waals surface area contributed by atoms with Gasteiger partial charge in [-0.2, -0.15) is 0 Å². The molecule has 1 nitrogen and oxygen atoms in total. The van der Waals surface area contributed by atoms with E-state index in [2.05, 4.69) is 33.0 Å². The third kappa shape index (κ3) is 5.00. The molecular formula is C10H22ClN. The molecule has 0 aromatic carbocycles. The van der Waals surface area contributed by atoms with Crippen LogP contribution in [0, 0.1) is 5.92 Å². The van der Waals surface area contributed by atoms with Gasteiger partial charge in [0.05, 0.1) is 0 Å². The minimum atomic E-state index is 0.269. The van der Waals surface area contributed by atoms with E-state index in [1.165, 1.54) is 12.8 Å². The second kappa shape index (κ2) is 6.73. The molecule has 12 heavy (non-hydrogen) atoms. The molecular weight excluding hydrogens is 170 g/mol. The maximum absolute atomic E-state index is 6.11. The predicted octanol–water partition coefficient (Wildman–Crippen LogP) is 3.03. The highest BCUT2D eigenvalue weighted by Crippen LogP contribution is 2.08. The first kappa shape index (κ1) is 12.2. The molecule has 2 heteroatoms. The molecule has 0 radical (unpaired) electrons. The van der Waals surface area contributed by atoms with E-state index in [1.807, 2.05) is 0 Å². The Hall–Kier alpha value is 0.250. The largest absolute Gasteiger partial charge is 0.313 e. The molecule has 0 aromatic rings. The monoisotopic (exact) mass is 191 g/mol. The van der Waals surface area contributed by atoms with Crippen LogP contribution in [0.3, 0.4) is 0 Å². The van der Waals surface area contributed by atoms with Gasteiger partial charge in [-0.1, -0.05) is 27.7 Å². The van der Waals surface area contributed by atoms with Gasteiger partial charge < -0.3 is 5.32 Å². The highest BCUT2D eigenvalue weighted by molar-refractivity contribution is 6.20. The van der Waals surface area contributed by atoms with Crippen molar-refractivity contribution in [3.8, 4) is 0 Å². The zero-order valence-corrected chi connectivity index (χ0v) is 9.49. The molecule has 74 valence electrons. The normalized spacial score (nSPS) is 14.2. The van der Waals surface area contributed by atoms with Gasteiger partial charge in [0.25, 0.3) is 0 Å². The topological polar surface area (TPSA) is 12.0 Å². The predicted molar refractivity (Wildman–Crippen MR) is 56.9 cm³/mol. The molecule has 0 spiro atoms. The van der Waals surface area contributed by atoms with E-state index in [4.69, 9.17) is 11.6 Å². The van der Waals surface area contributed by atoms with Crippen molar-refractivity contribution >= 4 is 11.6 Å². The Morgan fingerprint density at radius 2 is 1.67 bits per heavy atom. The van der Waals surface area contributed by atoms with Crippen LogP contribution >= 0.6 is 11.6 Å². The van der Waals surface area contributed by atoms with E-state index in [9.17, 15) is 0 Å². The van der Waals surface area contributed by atoms with E-state index < -0.39 is 0 Å². The van der Waals surface area contributed by atoms with Gasteiger partial charge >= 0.3 is 0 Å². The Morgan fingerprint density at radius 1 is 1.17 bits per heavy atom. The van der Waals surface area contributed by atoms with Gasteiger partial charge in [-0.15, -0.1) is 11.6 Å². The van der Waals surface area contributed by atoms with E-state index in [0.717, 1.165) is 6.54 Å². The Bertz CT molecular complexity index is 98.0. The lowest BCUT2D eigenvalue weighted by Crippen LogP contribution is -2.34. The van der Waals surface area contributed by atoms with E-state index >= 15 is 0 Å². The van der Waals surface area contributed by atoms with Crippen molar-refractivity contribution in [2.45, 2.75) is 52.0 Å². The first-order chi connectivity index (χ1) is 5.61. The van der Waals surface area contributed by atoms with Crippen molar-refractivity contribution in [2.24, 2.45) is 5.92 Å². The zero-order chi connectivity index (χ0) is 9.56. The molecule has 0 heterocycles. The fourth-order valence-electron chi connectivity index (χ4n) is 1.09. The summed E-state index contributed by atoms with van der Waals surface area (Å²) in [6, 6.07) is 0.644. The summed E-state index contributed by atoms with van der Waals surface area (Å²) in [4.78, 5) is 0. The molecule has 1 N–H and O–H groups in total. The number of hydrogen-bond acceptors (Lipinski definition) is 1. The van der Waals surface area contributed by atoms with Crippen LogP contribution in [0.1, 0.15) is 40.5 Å². The van der Waals surface area contributed by atoms with Gasteiger partial charge in [-0.25, -0.2) is 0 Å². The molecule has 0 aliphatic heterocycles. The highest BCUT2D eigenvalue weighted by Gasteiger charge is 2.10. The second-order valence-corrected chi connectivity index (χ2v) is 4.24. The summed E-state index contributed by atoms with van der Waals surface area (Å²) in [6.45, 7) is 9.67. The van der Waals surface area contributed by atoms with Crippen LogP contribution in [0.4, 0.5) is 0 Å². The average Bonchev–Trinajstić information content (AvgIpc) is 2.05. The van der Waals surface area contributed by atoms with Gasteiger partial charge in [0, 0.05) is 18.0 Å². The fourth-order valence-corrected chi connectivity index (χ4v) is 1.18. The molecule has 0 saturated heterocycles. The minimum absolute atomic E-state index is 0.269. The first-order valence-corrected chi connectivity index (χ1v) is 5.42. The number of halogens is 1. The third-order valence-corrected chi connectivity index (χ3v) is 2.97. The third-order valence-electron chi connectivity index (χ3n) is 2.31. The van der Waals surface area contributed by atoms with Crippen LogP contribution in [-0.2, 0) is 0 Å². The van der Waals surface area contributed by atoms with Gasteiger partial charge in [-0.3, -0.25) is 0 Å². The van der Waals surface area contributed by atoms with Gasteiger partial charge in [0.2, 0.25) is 0 Å².